The lowest BCUT2D eigenvalue weighted by Gasteiger charge is -2.41. The van der Waals surface area contributed by atoms with Crippen molar-refractivity contribution in [1.29, 1.82) is 0 Å². The van der Waals surface area contributed by atoms with Crippen molar-refractivity contribution >= 4 is 13.4 Å². The molecule has 0 saturated carbocycles. The van der Waals surface area contributed by atoms with Crippen molar-refractivity contribution in [2.24, 2.45) is 33.0 Å². The molecule has 7 heteroatoms. The standard InChI is InChI=1S/C25H49N2O4P/c1-19(2)23(6,7)18-24(8,9)21(28)27-14-12-20(13-15-27)16-32(30,26-29)31-25(10,11)17-22(3,4)5/h19-20H,12-18H2,1-11H3. The molecule has 0 bridgehead atoms. The van der Waals surface area contributed by atoms with Crippen molar-refractivity contribution in [2.45, 2.75) is 107 Å². The second-order valence-electron chi connectivity index (χ2n) is 13.4. The molecule has 1 aliphatic rings. The Morgan fingerprint density at radius 1 is 1.00 bits per heavy atom. The summed E-state index contributed by atoms with van der Waals surface area (Å²) in [4.78, 5) is 29.7. The second-order valence-corrected chi connectivity index (χ2v) is 15.4. The molecule has 0 aromatic carbocycles. The summed E-state index contributed by atoms with van der Waals surface area (Å²) < 4.78 is 19.0. The van der Waals surface area contributed by atoms with Crippen molar-refractivity contribution in [1.82, 2.24) is 4.90 Å². The third kappa shape index (κ3) is 8.89. The number of rotatable bonds is 10. The predicted molar refractivity (Wildman–Crippen MR) is 134 cm³/mol. The monoisotopic (exact) mass is 472 g/mol. The number of nitroso groups, excluding NO2 is 1. The SMILES string of the molecule is CC(C)C(C)(C)CC(C)(C)C(=O)N1CCC(CP(=O)(N=O)OC(C)(C)CC(C)(C)C)CC1. The first kappa shape index (κ1) is 29.3. The number of piperidine rings is 1. The number of amides is 1. The molecular weight excluding hydrogens is 423 g/mol. The maximum Gasteiger partial charge on any atom is 0.353 e. The van der Waals surface area contributed by atoms with Crippen LogP contribution in [0.15, 0.2) is 4.95 Å². The molecule has 0 radical (unpaired) electrons. The summed E-state index contributed by atoms with van der Waals surface area (Å²) in [6.45, 7) is 24.2. The Labute approximate surface area is 197 Å². The molecule has 0 aliphatic carbocycles. The van der Waals surface area contributed by atoms with Crippen LogP contribution >= 0.6 is 7.52 Å². The molecule has 1 amide bonds. The lowest BCUT2D eigenvalue weighted by atomic mass is 9.69. The van der Waals surface area contributed by atoms with Crippen LogP contribution in [0.5, 0.6) is 0 Å². The molecule has 0 aromatic rings. The van der Waals surface area contributed by atoms with Crippen molar-refractivity contribution in [3.05, 3.63) is 4.91 Å². The minimum Gasteiger partial charge on any atom is -0.342 e. The smallest absolute Gasteiger partial charge is 0.342 e. The Morgan fingerprint density at radius 2 is 1.50 bits per heavy atom. The summed E-state index contributed by atoms with van der Waals surface area (Å²) in [5, 5.41) is 0. The molecule has 0 N–H and O–H groups in total. The topological polar surface area (TPSA) is 76.0 Å². The van der Waals surface area contributed by atoms with E-state index in [1.165, 1.54) is 0 Å². The van der Waals surface area contributed by atoms with Gasteiger partial charge in [0.05, 0.1) is 11.8 Å². The van der Waals surface area contributed by atoms with E-state index in [2.05, 4.69) is 53.4 Å². The number of carbonyl (C=O) groups excluding carboxylic acids is 1. The zero-order valence-corrected chi connectivity index (χ0v) is 23.5. The van der Waals surface area contributed by atoms with E-state index >= 15 is 0 Å². The van der Waals surface area contributed by atoms with Crippen molar-refractivity contribution in [2.75, 3.05) is 19.3 Å². The van der Waals surface area contributed by atoms with Gasteiger partial charge in [-0.15, -0.1) is 4.91 Å². The Balaban J connectivity index is 2.74. The number of likely N-dealkylation sites (tertiary alicyclic amines) is 1. The van der Waals surface area contributed by atoms with E-state index < -0.39 is 18.5 Å². The summed E-state index contributed by atoms with van der Waals surface area (Å²) in [5.74, 6) is 0.750. The first-order chi connectivity index (χ1) is 14.2. The van der Waals surface area contributed by atoms with Gasteiger partial charge in [0, 0.05) is 23.5 Å². The van der Waals surface area contributed by atoms with Gasteiger partial charge in [0.2, 0.25) is 5.91 Å². The molecule has 6 nitrogen and oxygen atoms in total. The van der Waals surface area contributed by atoms with Crippen LogP contribution in [0.3, 0.4) is 0 Å². The van der Waals surface area contributed by atoms with Gasteiger partial charge in [0.15, 0.2) is 0 Å². The molecule has 1 saturated heterocycles. The van der Waals surface area contributed by atoms with E-state index in [0.717, 1.165) is 19.3 Å². The van der Waals surface area contributed by atoms with Crippen LogP contribution < -0.4 is 0 Å². The highest BCUT2D eigenvalue weighted by Crippen LogP contribution is 2.55. The third-order valence-electron chi connectivity index (χ3n) is 6.90. The van der Waals surface area contributed by atoms with Crippen LogP contribution in [-0.4, -0.2) is 35.7 Å². The van der Waals surface area contributed by atoms with E-state index in [4.69, 9.17) is 4.52 Å². The minimum absolute atomic E-state index is 0.0140. The van der Waals surface area contributed by atoms with Gasteiger partial charge >= 0.3 is 7.52 Å². The van der Waals surface area contributed by atoms with Crippen LogP contribution in [0.25, 0.3) is 0 Å². The fourth-order valence-electron chi connectivity index (χ4n) is 5.27. The lowest BCUT2D eigenvalue weighted by Crippen LogP contribution is -2.47. The fourth-order valence-corrected chi connectivity index (χ4v) is 7.30. The van der Waals surface area contributed by atoms with Gasteiger partial charge in [0.25, 0.3) is 0 Å². The lowest BCUT2D eigenvalue weighted by molar-refractivity contribution is -0.143. The van der Waals surface area contributed by atoms with Gasteiger partial charge in [0.1, 0.15) is 0 Å². The Morgan fingerprint density at radius 3 is 1.91 bits per heavy atom. The third-order valence-corrected chi connectivity index (χ3v) is 8.91. The molecule has 1 unspecified atom stereocenters. The molecule has 1 aliphatic heterocycles. The van der Waals surface area contributed by atoms with Gasteiger partial charge in [-0.1, -0.05) is 62.3 Å². The first-order valence-electron chi connectivity index (χ1n) is 12.2. The van der Waals surface area contributed by atoms with Crippen LogP contribution in [0.4, 0.5) is 0 Å². The summed E-state index contributed by atoms with van der Waals surface area (Å²) in [6, 6.07) is 0. The maximum absolute atomic E-state index is 13.3. The molecule has 188 valence electrons. The summed E-state index contributed by atoms with van der Waals surface area (Å²) in [6.07, 6.45) is 3.11. The Kier molecular flexibility index (Phi) is 9.39. The highest BCUT2D eigenvalue weighted by atomic mass is 31.2. The van der Waals surface area contributed by atoms with Crippen LogP contribution in [0.1, 0.15) is 102 Å². The van der Waals surface area contributed by atoms with Crippen molar-refractivity contribution < 1.29 is 13.9 Å². The molecule has 0 aromatic heterocycles. The van der Waals surface area contributed by atoms with Crippen LogP contribution in [-0.2, 0) is 13.9 Å². The average molecular weight is 473 g/mol. The fraction of sp³-hybridized carbons (Fsp3) is 0.960. The number of hydrogen-bond acceptors (Lipinski definition) is 4. The van der Waals surface area contributed by atoms with Gasteiger partial charge in [-0.3, -0.25) is 9.36 Å². The first-order valence-corrected chi connectivity index (χ1v) is 13.9. The van der Waals surface area contributed by atoms with E-state index in [1.807, 2.05) is 32.6 Å². The summed E-state index contributed by atoms with van der Waals surface area (Å²) >= 11 is 0. The van der Waals surface area contributed by atoms with Crippen LogP contribution in [0, 0.1) is 33.0 Å². The summed E-state index contributed by atoms with van der Waals surface area (Å²) in [5.41, 5.74) is -1.05. The molecule has 0 spiro atoms. The second kappa shape index (κ2) is 10.3. The van der Waals surface area contributed by atoms with Crippen molar-refractivity contribution in [3.8, 4) is 0 Å². The van der Waals surface area contributed by atoms with E-state index in [0.29, 0.717) is 25.4 Å². The largest absolute Gasteiger partial charge is 0.353 e. The molecule has 1 rings (SSSR count). The predicted octanol–water partition coefficient (Wildman–Crippen LogP) is 7.51. The molecule has 1 heterocycles. The van der Waals surface area contributed by atoms with Gasteiger partial charge in [-0.05, 0) is 62.2 Å². The molecule has 32 heavy (non-hydrogen) atoms. The van der Waals surface area contributed by atoms with Crippen LogP contribution in [0.2, 0.25) is 0 Å². The number of nitrogens with zero attached hydrogens (tertiary/aromatic N) is 2. The Bertz CT molecular complexity index is 699. The van der Waals surface area contributed by atoms with E-state index in [-0.39, 0.29) is 28.8 Å². The minimum atomic E-state index is -3.63. The highest BCUT2D eigenvalue weighted by Gasteiger charge is 2.42. The van der Waals surface area contributed by atoms with Crippen molar-refractivity contribution in [3.63, 3.8) is 0 Å². The van der Waals surface area contributed by atoms with E-state index in [9.17, 15) is 14.3 Å². The summed E-state index contributed by atoms with van der Waals surface area (Å²) in [7, 11) is -3.63. The maximum atomic E-state index is 13.3. The zero-order chi connectivity index (χ0) is 25.2. The molecule has 1 fully saturated rings. The van der Waals surface area contributed by atoms with Gasteiger partial charge < -0.3 is 9.42 Å². The number of carbonyl (C=O) groups is 1. The van der Waals surface area contributed by atoms with Gasteiger partial charge in [-0.2, -0.15) is 0 Å². The molecular formula is C25H49N2O4P. The highest BCUT2D eigenvalue weighted by molar-refractivity contribution is 7.57. The normalized spacial score (nSPS) is 19.2. The van der Waals surface area contributed by atoms with Gasteiger partial charge in [-0.25, -0.2) is 0 Å². The Hall–Kier alpha value is -0.740. The zero-order valence-electron chi connectivity index (χ0n) is 22.6. The van der Waals surface area contributed by atoms with E-state index in [1.54, 1.807) is 0 Å². The quantitative estimate of drug-likeness (QED) is 0.243. The number of hydrogen-bond donors (Lipinski definition) is 0. The molecule has 1 atom stereocenters. The average Bonchev–Trinajstić information content (AvgIpc) is 2.58.